The van der Waals surface area contributed by atoms with Crippen LogP contribution in [0.3, 0.4) is 0 Å². The average molecular weight is 485 g/mol. The number of aromatic amines is 1. The summed E-state index contributed by atoms with van der Waals surface area (Å²) >= 11 is 0. The van der Waals surface area contributed by atoms with Gasteiger partial charge in [-0.3, -0.25) is 9.36 Å². The van der Waals surface area contributed by atoms with Gasteiger partial charge in [0.05, 0.1) is 5.97 Å². The number of carboxylic acids is 1. The molecule has 0 aliphatic heterocycles. The topological polar surface area (TPSA) is 120 Å². The fraction of sp³-hybridized carbons (Fsp3) is 0.545. The lowest BCUT2D eigenvalue weighted by atomic mass is 10.1. The number of nitrogens with zero attached hydrogens (tertiary/aromatic N) is 3. The van der Waals surface area contributed by atoms with Crippen LogP contribution in [0.2, 0.25) is 0 Å². The molecule has 9 nitrogen and oxygen atoms in total. The molecule has 1 aromatic carbocycles. The average Bonchev–Trinajstić information content (AvgIpc) is 2.73. The summed E-state index contributed by atoms with van der Waals surface area (Å²) in [6.07, 6.45) is -4.81. The maximum absolute atomic E-state index is 12.8. The number of halogens is 3. The highest BCUT2D eigenvalue weighted by atomic mass is 19.4. The Hall–Kier alpha value is -3.31. The fourth-order valence-corrected chi connectivity index (χ4v) is 3.23. The summed E-state index contributed by atoms with van der Waals surface area (Å²) in [4.78, 5) is 37.7. The van der Waals surface area contributed by atoms with Crippen molar-refractivity contribution in [3.63, 3.8) is 0 Å². The number of H-pyrrole nitrogens is 1. The molecule has 1 N–H and O–H groups in total. The second kappa shape index (κ2) is 11.2. The SMILES string of the molecule is CCCN(CCc1cccc(OC(C)(C)C(=O)[O-])c1)c1n[nH]c(=O)n(CCCC(F)(F)F)c1=O. The lowest BCUT2D eigenvalue weighted by Gasteiger charge is -2.27. The number of rotatable bonds is 12. The van der Waals surface area contributed by atoms with Crippen molar-refractivity contribution in [1.29, 1.82) is 0 Å². The normalized spacial score (nSPS) is 11.9. The zero-order valence-corrected chi connectivity index (χ0v) is 19.3. The van der Waals surface area contributed by atoms with Crippen LogP contribution < -0.4 is 26.0 Å². The van der Waals surface area contributed by atoms with Crippen molar-refractivity contribution in [3.8, 4) is 5.75 Å². The van der Waals surface area contributed by atoms with Crippen LogP contribution in [0, 0.1) is 0 Å². The number of ether oxygens (including phenoxy) is 1. The van der Waals surface area contributed by atoms with Crippen LogP contribution in [-0.2, 0) is 17.8 Å². The minimum Gasteiger partial charge on any atom is -0.546 e. The Morgan fingerprint density at radius 2 is 1.94 bits per heavy atom. The molecule has 1 heterocycles. The van der Waals surface area contributed by atoms with Crippen LogP contribution in [0.1, 0.15) is 45.6 Å². The summed E-state index contributed by atoms with van der Waals surface area (Å²) in [6.45, 7) is 5.00. The molecule has 1 aromatic heterocycles. The summed E-state index contributed by atoms with van der Waals surface area (Å²) in [6, 6.07) is 6.79. The van der Waals surface area contributed by atoms with Crippen LogP contribution in [0.25, 0.3) is 0 Å². The maximum Gasteiger partial charge on any atom is 0.389 e. The predicted octanol–water partition coefficient (Wildman–Crippen LogP) is 1.64. The van der Waals surface area contributed by atoms with Crippen molar-refractivity contribution in [2.45, 2.75) is 64.8 Å². The van der Waals surface area contributed by atoms with Crippen LogP contribution in [0.15, 0.2) is 33.9 Å². The molecule has 0 aliphatic carbocycles. The van der Waals surface area contributed by atoms with Gasteiger partial charge in [-0.05, 0) is 50.8 Å². The van der Waals surface area contributed by atoms with Crippen molar-refractivity contribution in [2.24, 2.45) is 0 Å². The van der Waals surface area contributed by atoms with Crippen LogP contribution in [0.4, 0.5) is 19.0 Å². The van der Waals surface area contributed by atoms with E-state index in [1.54, 1.807) is 29.2 Å². The van der Waals surface area contributed by atoms with Crippen LogP contribution in [0.5, 0.6) is 5.75 Å². The Kier molecular flexibility index (Phi) is 8.88. The van der Waals surface area contributed by atoms with Gasteiger partial charge >= 0.3 is 11.9 Å². The molecule has 0 bridgehead atoms. The molecule has 2 rings (SSSR count). The van der Waals surface area contributed by atoms with E-state index in [4.69, 9.17) is 4.74 Å². The highest BCUT2D eigenvalue weighted by Crippen LogP contribution is 2.22. The smallest absolute Gasteiger partial charge is 0.389 e. The third-order valence-electron chi connectivity index (χ3n) is 5.01. The number of anilines is 1. The molecular formula is C22H28F3N4O5-. The summed E-state index contributed by atoms with van der Waals surface area (Å²) < 4.78 is 43.6. The molecule has 188 valence electrons. The van der Waals surface area contributed by atoms with E-state index >= 15 is 0 Å². The molecule has 34 heavy (non-hydrogen) atoms. The number of carbonyl (C=O) groups excluding carboxylic acids is 1. The van der Waals surface area contributed by atoms with Gasteiger partial charge in [0, 0.05) is 26.1 Å². The number of nitrogens with one attached hydrogen (secondary N) is 1. The zero-order valence-electron chi connectivity index (χ0n) is 19.3. The van der Waals surface area contributed by atoms with Gasteiger partial charge in [-0.1, -0.05) is 19.1 Å². The molecule has 0 amide bonds. The van der Waals surface area contributed by atoms with E-state index in [0.717, 1.165) is 10.1 Å². The third kappa shape index (κ3) is 7.63. The molecule has 0 saturated heterocycles. The number of carboxylic acid groups (broad SMARTS) is 1. The number of hydrogen-bond acceptors (Lipinski definition) is 7. The van der Waals surface area contributed by atoms with E-state index < -0.39 is 41.8 Å². The van der Waals surface area contributed by atoms with E-state index in [1.165, 1.54) is 13.8 Å². The Bertz CT molecular complexity index is 1090. The molecule has 0 atom stereocenters. The minimum absolute atomic E-state index is 0.0565. The van der Waals surface area contributed by atoms with E-state index in [1.807, 2.05) is 6.92 Å². The lowest BCUT2D eigenvalue weighted by Crippen LogP contribution is -2.47. The van der Waals surface area contributed by atoms with Gasteiger partial charge in [-0.25, -0.2) is 9.89 Å². The Balaban J connectivity index is 2.19. The Morgan fingerprint density at radius 3 is 2.56 bits per heavy atom. The number of benzene rings is 1. The molecule has 0 aliphatic rings. The Morgan fingerprint density at radius 1 is 1.24 bits per heavy atom. The standard InChI is InChI=1S/C22H29F3N4O5/c1-4-11-28(13-9-15-7-5-8-16(14-15)34-21(2,3)19(31)32)17-18(30)29(20(33)27-26-17)12-6-10-22(23,24)25/h5,7-8,14H,4,6,9-13H2,1-3H3,(H,27,33)(H,31,32)/p-1. The monoisotopic (exact) mass is 485 g/mol. The van der Waals surface area contributed by atoms with Crippen molar-refractivity contribution in [1.82, 2.24) is 14.8 Å². The molecule has 0 saturated carbocycles. The van der Waals surface area contributed by atoms with Crippen LogP contribution in [-0.4, -0.2) is 45.6 Å². The summed E-state index contributed by atoms with van der Waals surface area (Å²) in [7, 11) is 0. The molecule has 12 heteroatoms. The molecule has 0 spiro atoms. The second-order valence-corrected chi connectivity index (χ2v) is 8.31. The maximum atomic E-state index is 12.8. The number of aromatic nitrogens is 3. The van der Waals surface area contributed by atoms with E-state index in [9.17, 15) is 32.7 Å². The van der Waals surface area contributed by atoms with Gasteiger partial charge in [0.15, 0.2) is 0 Å². The lowest BCUT2D eigenvalue weighted by molar-refractivity contribution is -0.320. The number of aliphatic carboxylic acids is 1. The summed E-state index contributed by atoms with van der Waals surface area (Å²) in [5.74, 6) is -1.08. The zero-order chi connectivity index (χ0) is 25.5. The second-order valence-electron chi connectivity index (χ2n) is 8.31. The predicted molar refractivity (Wildman–Crippen MR) is 117 cm³/mol. The van der Waals surface area contributed by atoms with Gasteiger partial charge in [0.2, 0.25) is 5.82 Å². The molecule has 2 aromatic rings. The van der Waals surface area contributed by atoms with Crippen molar-refractivity contribution < 1.29 is 27.8 Å². The number of hydrogen-bond donors (Lipinski definition) is 1. The highest BCUT2D eigenvalue weighted by Gasteiger charge is 2.26. The van der Waals surface area contributed by atoms with Gasteiger partial charge in [0.1, 0.15) is 11.4 Å². The van der Waals surface area contributed by atoms with Gasteiger partial charge in [-0.2, -0.15) is 13.2 Å². The first-order chi connectivity index (χ1) is 15.8. The van der Waals surface area contributed by atoms with Gasteiger partial charge in [-0.15, -0.1) is 5.10 Å². The Labute approximate surface area is 194 Å². The number of alkyl halides is 3. The number of carbonyl (C=O) groups is 1. The van der Waals surface area contributed by atoms with E-state index in [0.29, 0.717) is 31.7 Å². The van der Waals surface area contributed by atoms with Crippen LogP contribution >= 0.6 is 0 Å². The summed E-state index contributed by atoms with van der Waals surface area (Å²) in [5.41, 5.74) is -2.35. The first kappa shape index (κ1) is 26.9. The van der Waals surface area contributed by atoms with Crippen molar-refractivity contribution >= 4 is 11.8 Å². The minimum atomic E-state index is -4.38. The molecule has 0 radical (unpaired) electrons. The van der Waals surface area contributed by atoms with E-state index in [2.05, 4.69) is 10.2 Å². The largest absolute Gasteiger partial charge is 0.546 e. The highest BCUT2D eigenvalue weighted by molar-refractivity contribution is 5.74. The fourth-order valence-electron chi connectivity index (χ4n) is 3.23. The van der Waals surface area contributed by atoms with E-state index in [-0.39, 0.29) is 12.4 Å². The van der Waals surface area contributed by atoms with Crippen molar-refractivity contribution in [2.75, 3.05) is 18.0 Å². The summed E-state index contributed by atoms with van der Waals surface area (Å²) in [5, 5.41) is 17.2. The molecular weight excluding hydrogens is 457 g/mol. The molecule has 0 fully saturated rings. The van der Waals surface area contributed by atoms with Crippen molar-refractivity contribution in [3.05, 3.63) is 50.7 Å². The van der Waals surface area contributed by atoms with Gasteiger partial charge < -0.3 is 19.5 Å². The van der Waals surface area contributed by atoms with Gasteiger partial charge in [0.25, 0.3) is 5.56 Å². The quantitative estimate of drug-likeness (QED) is 0.485. The first-order valence-electron chi connectivity index (χ1n) is 10.8. The third-order valence-corrected chi connectivity index (χ3v) is 5.01. The molecule has 0 unspecified atom stereocenters. The first-order valence-corrected chi connectivity index (χ1v) is 10.8.